The standard InChI is InChI=1S/C7H8O.C4H8O2/c8-6-7-4-2-1-3-5-7;1-2-4-6-5-3-1/h1-5,8H,6H2;1-4H2. The molecule has 0 aliphatic carbocycles. The predicted octanol–water partition coefficient (Wildman–Crippen LogP) is 1.91. The summed E-state index contributed by atoms with van der Waals surface area (Å²) >= 11 is 0. The van der Waals surface area contributed by atoms with Crippen LogP contribution in [0.25, 0.3) is 0 Å². The van der Waals surface area contributed by atoms with Crippen molar-refractivity contribution >= 4 is 0 Å². The van der Waals surface area contributed by atoms with Crippen LogP contribution in [0.5, 0.6) is 0 Å². The molecule has 1 aliphatic heterocycles. The third kappa shape index (κ3) is 4.97. The average molecular weight is 196 g/mol. The number of hydrogen-bond acceptors (Lipinski definition) is 3. The van der Waals surface area contributed by atoms with E-state index in [0.717, 1.165) is 31.6 Å². The Balaban J connectivity index is 0.000000146. The largest absolute Gasteiger partial charge is 0.392 e. The second-order valence-corrected chi connectivity index (χ2v) is 2.99. The van der Waals surface area contributed by atoms with Crippen molar-refractivity contribution in [3.05, 3.63) is 35.9 Å². The summed E-state index contributed by atoms with van der Waals surface area (Å²) in [6, 6.07) is 9.52. The van der Waals surface area contributed by atoms with Gasteiger partial charge < -0.3 is 5.11 Å². The zero-order chi connectivity index (χ0) is 10.1. The first-order valence-corrected chi connectivity index (χ1v) is 4.82. The molecule has 1 fully saturated rings. The van der Waals surface area contributed by atoms with E-state index in [-0.39, 0.29) is 6.61 Å². The highest BCUT2D eigenvalue weighted by molar-refractivity contribution is 5.12. The quantitative estimate of drug-likeness (QED) is 0.697. The summed E-state index contributed by atoms with van der Waals surface area (Å²) in [6.07, 6.45) is 2.31. The third-order valence-corrected chi connectivity index (χ3v) is 1.81. The van der Waals surface area contributed by atoms with Crippen LogP contribution >= 0.6 is 0 Å². The molecule has 0 unspecified atom stereocenters. The van der Waals surface area contributed by atoms with Crippen molar-refractivity contribution in [1.29, 1.82) is 0 Å². The highest BCUT2D eigenvalue weighted by atomic mass is 17.2. The van der Waals surface area contributed by atoms with Crippen LogP contribution in [-0.2, 0) is 16.4 Å². The molecule has 0 aromatic heterocycles. The van der Waals surface area contributed by atoms with E-state index >= 15 is 0 Å². The highest BCUT2D eigenvalue weighted by Crippen LogP contribution is 1.97. The number of aliphatic hydroxyl groups excluding tert-OH is 1. The van der Waals surface area contributed by atoms with Crippen molar-refractivity contribution in [2.75, 3.05) is 13.2 Å². The summed E-state index contributed by atoms with van der Waals surface area (Å²) in [7, 11) is 0. The predicted molar refractivity (Wildman–Crippen MR) is 53.5 cm³/mol. The van der Waals surface area contributed by atoms with Gasteiger partial charge in [-0.15, -0.1) is 0 Å². The number of hydrogen-bond donors (Lipinski definition) is 1. The van der Waals surface area contributed by atoms with E-state index in [9.17, 15) is 0 Å². The topological polar surface area (TPSA) is 38.7 Å². The van der Waals surface area contributed by atoms with Crippen molar-refractivity contribution in [3.63, 3.8) is 0 Å². The van der Waals surface area contributed by atoms with Crippen molar-refractivity contribution in [2.45, 2.75) is 19.4 Å². The zero-order valence-corrected chi connectivity index (χ0v) is 8.19. The molecule has 0 bridgehead atoms. The van der Waals surface area contributed by atoms with Crippen LogP contribution in [0.4, 0.5) is 0 Å². The molecule has 0 amide bonds. The van der Waals surface area contributed by atoms with Gasteiger partial charge in [0.2, 0.25) is 0 Å². The van der Waals surface area contributed by atoms with Gasteiger partial charge in [-0.3, -0.25) is 0 Å². The van der Waals surface area contributed by atoms with E-state index < -0.39 is 0 Å². The summed E-state index contributed by atoms with van der Waals surface area (Å²) < 4.78 is 0. The molecule has 1 heterocycles. The van der Waals surface area contributed by atoms with E-state index in [1.54, 1.807) is 0 Å². The lowest BCUT2D eigenvalue weighted by Gasteiger charge is -2.07. The summed E-state index contributed by atoms with van der Waals surface area (Å²) in [6.45, 7) is 1.70. The molecule has 14 heavy (non-hydrogen) atoms. The molecule has 0 spiro atoms. The van der Waals surface area contributed by atoms with Gasteiger partial charge in [-0.2, -0.15) is 0 Å². The lowest BCUT2D eigenvalue weighted by Crippen LogP contribution is -2.05. The van der Waals surface area contributed by atoms with Gasteiger partial charge in [0.1, 0.15) is 0 Å². The molecule has 0 radical (unpaired) electrons. The van der Waals surface area contributed by atoms with E-state index in [1.165, 1.54) is 0 Å². The minimum Gasteiger partial charge on any atom is -0.392 e. The number of aliphatic hydroxyl groups is 1. The molecular formula is C11H16O3. The fourth-order valence-electron chi connectivity index (χ4n) is 1.02. The fraction of sp³-hybridized carbons (Fsp3) is 0.455. The molecule has 3 heteroatoms. The Morgan fingerprint density at radius 2 is 1.57 bits per heavy atom. The van der Waals surface area contributed by atoms with Gasteiger partial charge in [0, 0.05) is 0 Å². The molecule has 2 rings (SSSR count). The van der Waals surface area contributed by atoms with Crippen LogP contribution in [0.1, 0.15) is 18.4 Å². The van der Waals surface area contributed by atoms with Crippen LogP contribution in [0, 0.1) is 0 Å². The van der Waals surface area contributed by atoms with Crippen molar-refractivity contribution in [2.24, 2.45) is 0 Å². The Hall–Kier alpha value is -0.900. The SMILES string of the molecule is C1CCOOC1.OCc1ccccc1. The first-order valence-electron chi connectivity index (χ1n) is 4.82. The molecule has 0 saturated carbocycles. The first-order chi connectivity index (χ1) is 6.93. The van der Waals surface area contributed by atoms with Crippen LogP contribution in [0.15, 0.2) is 30.3 Å². The molecule has 78 valence electrons. The number of rotatable bonds is 1. The molecular weight excluding hydrogens is 180 g/mol. The van der Waals surface area contributed by atoms with E-state index in [1.807, 2.05) is 30.3 Å². The maximum Gasteiger partial charge on any atom is 0.0823 e. The van der Waals surface area contributed by atoms with Gasteiger partial charge in [0.15, 0.2) is 0 Å². The molecule has 1 aliphatic rings. The molecule has 1 aromatic carbocycles. The Bertz CT molecular complexity index is 208. The van der Waals surface area contributed by atoms with Crippen LogP contribution in [0.2, 0.25) is 0 Å². The minimum absolute atomic E-state index is 0.140. The molecule has 1 saturated heterocycles. The zero-order valence-electron chi connectivity index (χ0n) is 8.19. The maximum atomic E-state index is 8.54. The minimum atomic E-state index is 0.140. The van der Waals surface area contributed by atoms with Crippen molar-refractivity contribution in [1.82, 2.24) is 0 Å². The molecule has 3 nitrogen and oxygen atoms in total. The summed E-state index contributed by atoms with van der Waals surface area (Å²) in [5.74, 6) is 0. The second kappa shape index (κ2) is 7.50. The molecule has 1 N–H and O–H groups in total. The van der Waals surface area contributed by atoms with Gasteiger partial charge in [-0.05, 0) is 18.4 Å². The molecule has 1 aromatic rings. The Kier molecular flexibility index (Phi) is 5.99. The smallest absolute Gasteiger partial charge is 0.0823 e. The van der Waals surface area contributed by atoms with E-state index in [4.69, 9.17) is 5.11 Å². The lowest BCUT2D eigenvalue weighted by molar-refractivity contribution is -0.312. The third-order valence-electron chi connectivity index (χ3n) is 1.81. The maximum absolute atomic E-state index is 8.54. The normalized spacial score (nSPS) is 15.5. The summed E-state index contributed by atoms with van der Waals surface area (Å²) in [4.78, 5) is 9.14. The first kappa shape index (κ1) is 11.2. The van der Waals surface area contributed by atoms with Crippen molar-refractivity contribution < 1.29 is 14.9 Å². The van der Waals surface area contributed by atoms with E-state index in [2.05, 4.69) is 9.78 Å². The van der Waals surface area contributed by atoms with Crippen molar-refractivity contribution in [3.8, 4) is 0 Å². The van der Waals surface area contributed by atoms with E-state index in [0.29, 0.717) is 0 Å². The van der Waals surface area contributed by atoms with Gasteiger partial charge in [-0.1, -0.05) is 30.3 Å². The monoisotopic (exact) mass is 196 g/mol. The van der Waals surface area contributed by atoms with Crippen LogP contribution in [0.3, 0.4) is 0 Å². The summed E-state index contributed by atoms with van der Waals surface area (Å²) in [5, 5.41) is 8.54. The van der Waals surface area contributed by atoms with Gasteiger partial charge in [0.05, 0.1) is 19.8 Å². The van der Waals surface area contributed by atoms with Gasteiger partial charge >= 0.3 is 0 Å². The average Bonchev–Trinajstić information content (AvgIpc) is 2.33. The lowest BCUT2D eigenvalue weighted by atomic mass is 10.2. The highest BCUT2D eigenvalue weighted by Gasteiger charge is 1.95. The summed E-state index contributed by atoms with van der Waals surface area (Å²) in [5.41, 5.74) is 0.965. The second-order valence-electron chi connectivity index (χ2n) is 2.99. The Morgan fingerprint density at radius 1 is 1.00 bits per heavy atom. The Morgan fingerprint density at radius 3 is 1.86 bits per heavy atom. The fourth-order valence-corrected chi connectivity index (χ4v) is 1.02. The Labute approximate surface area is 84.2 Å². The van der Waals surface area contributed by atoms with Gasteiger partial charge in [0.25, 0.3) is 0 Å². The molecule has 0 atom stereocenters. The van der Waals surface area contributed by atoms with Crippen LogP contribution in [-0.4, -0.2) is 18.3 Å². The van der Waals surface area contributed by atoms with Gasteiger partial charge in [-0.25, -0.2) is 9.78 Å². The number of benzene rings is 1. The van der Waals surface area contributed by atoms with Crippen LogP contribution < -0.4 is 0 Å².